The Kier molecular flexibility index (Phi) is 6.11. The van der Waals surface area contributed by atoms with Crippen LogP contribution < -0.4 is 5.32 Å². The van der Waals surface area contributed by atoms with Crippen molar-refractivity contribution in [1.82, 2.24) is 4.31 Å². The Bertz CT molecular complexity index is 946. The van der Waals surface area contributed by atoms with Crippen LogP contribution in [-0.2, 0) is 14.8 Å². The minimum absolute atomic E-state index is 0.156. The summed E-state index contributed by atoms with van der Waals surface area (Å²) >= 11 is 11.9. The van der Waals surface area contributed by atoms with Crippen LogP contribution in [0.15, 0.2) is 47.4 Å². The third-order valence-corrected chi connectivity index (χ3v) is 7.22. The fraction of sp³-hybridized carbons (Fsp3) is 0.316. The number of nitrogens with one attached hydrogen (secondary N) is 1. The van der Waals surface area contributed by atoms with E-state index in [9.17, 15) is 13.2 Å². The molecule has 1 heterocycles. The first-order valence-corrected chi connectivity index (χ1v) is 10.8. The van der Waals surface area contributed by atoms with E-state index >= 15 is 0 Å². The average Bonchev–Trinajstić information content (AvgIpc) is 2.65. The number of sulfonamides is 1. The van der Waals surface area contributed by atoms with Crippen LogP contribution in [0, 0.1) is 12.8 Å². The van der Waals surface area contributed by atoms with Gasteiger partial charge in [-0.1, -0.05) is 40.9 Å². The zero-order chi connectivity index (χ0) is 19.6. The zero-order valence-corrected chi connectivity index (χ0v) is 17.1. The maximum absolute atomic E-state index is 12.9. The number of carbonyl (C=O) groups is 1. The third-order valence-electron chi connectivity index (χ3n) is 4.60. The minimum atomic E-state index is -3.62. The summed E-state index contributed by atoms with van der Waals surface area (Å²) in [4.78, 5) is 12.9. The predicted octanol–water partition coefficient (Wildman–Crippen LogP) is 4.34. The summed E-state index contributed by atoms with van der Waals surface area (Å²) in [7, 11) is -3.62. The summed E-state index contributed by atoms with van der Waals surface area (Å²) in [6.07, 6.45) is 1.26. The van der Waals surface area contributed by atoms with Crippen molar-refractivity contribution in [2.75, 3.05) is 18.4 Å². The van der Waals surface area contributed by atoms with Gasteiger partial charge < -0.3 is 5.32 Å². The second-order valence-electron chi connectivity index (χ2n) is 6.63. The van der Waals surface area contributed by atoms with E-state index in [1.165, 1.54) is 4.31 Å². The highest BCUT2D eigenvalue weighted by Crippen LogP contribution is 2.27. The van der Waals surface area contributed by atoms with Crippen molar-refractivity contribution in [3.8, 4) is 0 Å². The Morgan fingerprint density at radius 2 is 1.81 bits per heavy atom. The van der Waals surface area contributed by atoms with Crippen LogP contribution in [0.2, 0.25) is 10.0 Å². The first kappa shape index (κ1) is 20.1. The molecule has 0 saturated carbocycles. The lowest BCUT2D eigenvalue weighted by atomic mass is 9.99. The molecule has 0 spiro atoms. The van der Waals surface area contributed by atoms with E-state index < -0.39 is 15.9 Å². The molecule has 1 saturated heterocycles. The van der Waals surface area contributed by atoms with Crippen LogP contribution in [0.3, 0.4) is 0 Å². The van der Waals surface area contributed by atoms with Crippen molar-refractivity contribution >= 4 is 44.8 Å². The van der Waals surface area contributed by atoms with Gasteiger partial charge in [0.15, 0.2) is 0 Å². The van der Waals surface area contributed by atoms with Gasteiger partial charge >= 0.3 is 0 Å². The Morgan fingerprint density at radius 3 is 2.48 bits per heavy atom. The summed E-state index contributed by atoms with van der Waals surface area (Å²) in [5, 5.41) is 3.55. The molecule has 1 atom stereocenters. The van der Waals surface area contributed by atoms with E-state index in [4.69, 9.17) is 23.2 Å². The molecule has 5 nitrogen and oxygen atoms in total. The lowest BCUT2D eigenvalue weighted by Gasteiger charge is -2.31. The number of hydrogen-bond donors (Lipinski definition) is 1. The Labute approximate surface area is 169 Å². The number of carbonyl (C=O) groups excluding carboxylic acids is 1. The van der Waals surface area contributed by atoms with Gasteiger partial charge in [0.05, 0.1) is 20.9 Å². The third kappa shape index (κ3) is 4.63. The maximum Gasteiger partial charge on any atom is 0.243 e. The van der Waals surface area contributed by atoms with Crippen molar-refractivity contribution < 1.29 is 13.2 Å². The lowest BCUT2D eigenvalue weighted by molar-refractivity contribution is -0.120. The van der Waals surface area contributed by atoms with Crippen molar-refractivity contribution in [3.63, 3.8) is 0 Å². The highest BCUT2D eigenvalue weighted by molar-refractivity contribution is 7.89. The van der Waals surface area contributed by atoms with Gasteiger partial charge in [-0.3, -0.25) is 4.79 Å². The van der Waals surface area contributed by atoms with Crippen LogP contribution in [0.25, 0.3) is 0 Å². The first-order chi connectivity index (χ1) is 12.8. The number of hydrogen-bond acceptors (Lipinski definition) is 3. The quantitative estimate of drug-likeness (QED) is 0.790. The van der Waals surface area contributed by atoms with E-state index in [0.29, 0.717) is 35.1 Å². The molecule has 2 aromatic rings. The first-order valence-electron chi connectivity index (χ1n) is 8.60. The minimum Gasteiger partial charge on any atom is -0.326 e. The molecule has 0 bridgehead atoms. The molecule has 0 radical (unpaired) electrons. The molecular weight excluding hydrogens is 407 g/mol. The monoisotopic (exact) mass is 426 g/mol. The Morgan fingerprint density at radius 1 is 1.11 bits per heavy atom. The topological polar surface area (TPSA) is 66.5 Å². The van der Waals surface area contributed by atoms with Gasteiger partial charge in [-0.15, -0.1) is 0 Å². The van der Waals surface area contributed by atoms with E-state index in [1.54, 1.807) is 42.5 Å². The van der Waals surface area contributed by atoms with Crippen molar-refractivity contribution in [2.24, 2.45) is 5.92 Å². The standard InChI is InChI=1S/C19H20Cl2N2O3S/c1-13-4-7-16(8-5-13)27(25,26)23-10-2-3-14(12-23)19(24)22-15-6-9-17(20)18(21)11-15/h4-9,11,14H,2-3,10,12H2,1H3,(H,22,24)/t14-/m1/s1. The van der Waals surface area contributed by atoms with Crippen molar-refractivity contribution in [3.05, 3.63) is 58.1 Å². The van der Waals surface area contributed by atoms with Gasteiger partial charge in [-0.2, -0.15) is 4.31 Å². The number of aryl methyl sites for hydroxylation is 1. The predicted molar refractivity (Wildman–Crippen MR) is 108 cm³/mol. The molecule has 27 heavy (non-hydrogen) atoms. The SMILES string of the molecule is Cc1ccc(S(=O)(=O)N2CCC[C@@H](C(=O)Nc3ccc(Cl)c(Cl)c3)C2)cc1. The molecule has 1 amide bonds. The molecule has 1 aliphatic rings. The molecule has 0 unspecified atom stereocenters. The summed E-state index contributed by atoms with van der Waals surface area (Å²) < 4.78 is 27.1. The van der Waals surface area contributed by atoms with Gasteiger partial charge in [0.1, 0.15) is 0 Å². The number of rotatable bonds is 4. The molecule has 0 aromatic heterocycles. The average molecular weight is 427 g/mol. The summed E-state index contributed by atoms with van der Waals surface area (Å²) in [6.45, 7) is 2.47. The molecule has 0 aliphatic carbocycles. The van der Waals surface area contributed by atoms with Crippen LogP contribution in [0.4, 0.5) is 5.69 Å². The van der Waals surface area contributed by atoms with Crippen LogP contribution in [0.5, 0.6) is 0 Å². The highest BCUT2D eigenvalue weighted by atomic mass is 35.5. The summed E-state index contributed by atoms with van der Waals surface area (Å²) in [5.74, 6) is -0.648. The molecule has 2 aromatic carbocycles. The molecule has 3 rings (SSSR count). The Balaban J connectivity index is 1.72. The lowest BCUT2D eigenvalue weighted by Crippen LogP contribution is -2.43. The molecule has 1 N–H and O–H groups in total. The van der Waals surface area contributed by atoms with Crippen molar-refractivity contribution in [2.45, 2.75) is 24.7 Å². The van der Waals surface area contributed by atoms with Gasteiger partial charge in [0, 0.05) is 18.8 Å². The fourth-order valence-corrected chi connectivity index (χ4v) is 4.87. The van der Waals surface area contributed by atoms with Crippen molar-refractivity contribution in [1.29, 1.82) is 0 Å². The fourth-order valence-electron chi connectivity index (χ4n) is 3.05. The Hall–Kier alpha value is -1.60. The molecule has 8 heteroatoms. The summed E-state index contributed by atoms with van der Waals surface area (Å²) in [5.41, 5.74) is 1.53. The molecule has 144 valence electrons. The highest BCUT2D eigenvalue weighted by Gasteiger charge is 2.33. The van der Waals surface area contributed by atoms with Crippen LogP contribution in [-0.4, -0.2) is 31.7 Å². The van der Waals surface area contributed by atoms with Crippen LogP contribution in [0.1, 0.15) is 18.4 Å². The smallest absolute Gasteiger partial charge is 0.243 e. The molecule has 1 fully saturated rings. The number of nitrogens with zero attached hydrogens (tertiary/aromatic N) is 1. The van der Waals surface area contributed by atoms with Gasteiger partial charge in [-0.25, -0.2) is 8.42 Å². The number of anilines is 1. The van der Waals surface area contributed by atoms with E-state index in [0.717, 1.165) is 5.56 Å². The second-order valence-corrected chi connectivity index (χ2v) is 9.39. The maximum atomic E-state index is 12.9. The number of benzene rings is 2. The molecular formula is C19H20Cl2N2O3S. The molecule has 1 aliphatic heterocycles. The van der Waals surface area contributed by atoms with E-state index in [2.05, 4.69) is 5.32 Å². The largest absolute Gasteiger partial charge is 0.326 e. The number of amides is 1. The van der Waals surface area contributed by atoms with Crippen LogP contribution >= 0.6 is 23.2 Å². The summed E-state index contributed by atoms with van der Waals surface area (Å²) in [6, 6.07) is 11.6. The zero-order valence-electron chi connectivity index (χ0n) is 14.8. The second kappa shape index (κ2) is 8.19. The van der Waals surface area contributed by atoms with Gasteiger partial charge in [0.25, 0.3) is 0 Å². The normalized spacial score (nSPS) is 18.3. The van der Waals surface area contributed by atoms with E-state index in [1.807, 2.05) is 6.92 Å². The van der Waals surface area contributed by atoms with Gasteiger partial charge in [0.2, 0.25) is 15.9 Å². The number of halogens is 2. The number of piperidine rings is 1. The van der Waals surface area contributed by atoms with Gasteiger partial charge in [-0.05, 0) is 50.1 Å². The van der Waals surface area contributed by atoms with E-state index in [-0.39, 0.29) is 17.3 Å².